The molecule has 2 heterocycles. The van der Waals surface area contributed by atoms with Crippen LogP contribution >= 0.6 is 0 Å². The molecular weight excluding hydrogens is 213 g/mol. The van der Waals surface area contributed by atoms with Crippen LogP contribution in [0.4, 0.5) is 0 Å². The molecule has 0 aromatic heterocycles. The van der Waals surface area contributed by atoms with Gasteiger partial charge in [0.2, 0.25) is 5.91 Å². The number of aliphatic carboxylic acids is 1. The van der Waals surface area contributed by atoms with Crippen LogP contribution in [0.2, 0.25) is 0 Å². The standard InChI is InChI=1S/C8H7NO5.Na/c10-2-1-4-7(8(12)13)9-5(11)3-6(9)14-4;/h1-2,6-7H,3H2,(H,12,13);/q;+1/p-1. The third kappa shape index (κ3) is 1.80. The number of allylic oxidation sites excluding steroid dienone is 1. The predicted octanol–water partition coefficient (Wildman–Crippen LogP) is -5.22. The topological polar surface area (TPSA) is 86.7 Å². The summed E-state index contributed by atoms with van der Waals surface area (Å²) in [6.45, 7) is 0. The summed E-state index contributed by atoms with van der Waals surface area (Å²) in [7, 11) is 0. The number of ether oxygens (including phenoxy) is 1. The van der Waals surface area contributed by atoms with Gasteiger partial charge < -0.3 is 14.6 Å². The summed E-state index contributed by atoms with van der Waals surface area (Å²) in [6.07, 6.45) is 1.02. The van der Waals surface area contributed by atoms with Crippen LogP contribution < -0.4 is 34.7 Å². The van der Waals surface area contributed by atoms with Crippen molar-refractivity contribution in [2.45, 2.75) is 18.7 Å². The molecule has 0 radical (unpaired) electrons. The monoisotopic (exact) mass is 219 g/mol. The van der Waals surface area contributed by atoms with E-state index in [4.69, 9.17) is 4.74 Å². The number of amides is 1. The maximum Gasteiger partial charge on any atom is 1.00 e. The zero-order valence-electron chi connectivity index (χ0n) is 8.00. The molecule has 0 aromatic rings. The fourth-order valence-electron chi connectivity index (χ4n) is 1.60. The molecule has 0 aromatic carbocycles. The van der Waals surface area contributed by atoms with Gasteiger partial charge in [-0.05, 0) is 0 Å². The van der Waals surface area contributed by atoms with Crippen molar-refractivity contribution in [3.63, 3.8) is 0 Å². The predicted molar refractivity (Wildman–Crippen MR) is 39.3 cm³/mol. The third-order valence-electron chi connectivity index (χ3n) is 2.22. The number of rotatable bonds is 2. The normalized spacial score (nSPS) is 30.0. The zero-order valence-corrected chi connectivity index (χ0v) is 10.0. The van der Waals surface area contributed by atoms with Crippen molar-refractivity contribution in [3.05, 3.63) is 11.8 Å². The van der Waals surface area contributed by atoms with E-state index >= 15 is 0 Å². The molecule has 0 aliphatic carbocycles. The van der Waals surface area contributed by atoms with Crippen molar-refractivity contribution >= 4 is 18.2 Å². The number of nitrogens with zero attached hydrogens (tertiary/aromatic N) is 1. The van der Waals surface area contributed by atoms with Gasteiger partial charge in [0.25, 0.3) is 0 Å². The molecule has 0 bridgehead atoms. The van der Waals surface area contributed by atoms with E-state index < -0.39 is 18.2 Å². The Morgan fingerprint density at radius 2 is 2.27 bits per heavy atom. The molecule has 2 unspecified atom stereocenters. The molecule has 2 atom stereocenters. The molecule has 0 saturated carbocycles. The van der Waals surface area contributed by atoms with E-state index in [-0.39, 0.29) is 47.6 Å². The third-order valence-corrected chi connectivity index (χ3v) is 2.22. The molecule has 2 aliphatic heterocycles. The molecule has 0 spiro atoms. The molecule has 2 fully saturated rings. The molecule has 0 N–H and O–H groups in total. The van der Waals surface area contributed by atoms with Crippen LogP contribution in [0.5, 0.6) is 0 Å². The van der Waals surface area contributed by atoms with Crippen LogP contribution in [-0.2, 0) is 19.1 Å². The van der Waals surface area contributed by atoms with Crippen LogP contribution in [0.3, 0.4) is 0 Å². The maximum atomic E-state index is 11.0. The Morgan fingerprint density at radius 1 is 1.60 bits per heavy atom. The Kier molecular flexibility index (Phi) is 3.54. The van der Waals surface area contributed by atoms with Gasteiger partial charge in [-0.3, -0.25) is 14.5 Å². The Balaban J connectivity index is 0.00000112. The number of fused-ring (bicyclic) bond motifs is 1. The van der Waals surface area contributed by atoms with Gasteiger partial charge in [-0.15, -0.1) is 0 Å². The summed E-state index contributed by atoms with van der Waals surface area (Å²) in [5.41, 5.74) is 0. The number of carboxylic acids is 1. The zero-order chi connectivity index (χ0) is 10.3. The maximum absolute atomic E-state index is 11.0. The van der Waals surface area contributed by atoms with Crippen LogP contribution in [0, 0.1) is 0 Å². The van der Waals surface area contributed by atoms with Gasteiger partial charge in [0.05, 0.1) is 12.4 Å². The number of hydrogen-bond donors (Lipinski definition) is 0. The minimum Gasteiger partial charge on any atom is -0.547 e. The molecule has 2 rings (SSSR count). The summed E-state index contributed by atoms with van der Waals surface area (Å²) in [6, 6.07) is -1.24. The largest absolute Gasteiger partial charge is 1.00 e. The first kappa shape index (κ1) is 12.2. The van der Waals surface area contributed by atoms with E-state index in [1.54, 1.807) is 0 Å². The molecule has 2 aliphatic rings. The van der Waals surface area contributed by atoms with Crippen LogP contribution in [-0.4, -0.2) is 35.3 Å². The van der Waals surface area contributed by atoms with Crippen LogP contribution in [0.25, 0.3) is 0 Å². The summed E-state index contributed by atoms with van der Waals surface area (Å²) in [4.78, 5) is 32.9. The van der Waals surface area contributed by atoms with Crippen molar-refractivity contribution in [2.24, 2.45) is 0 Å². The van der Waals surface area contributed by atoms with E-state index in [0.717, 1.165) is 11.0 Å². The summed E-state index contributed by atoms with van der Waals surface area (Å²) in [5, 5.41) is 10.7. The van der Waals surface area contributed by atoms with Crippen molar-refractivity contribution in [2.75, 3.05) is 0 Å². The smallest absolute Gasteiger partial charge is 0.547 e. The van der Waals surface area contributed by atoms with E-state index in [9.17, 15) is 19.5 Å². The van der Waals surface area contributed by atoms with E-state index in [0.29, 0.717) is 6.29 Å². The molecule has 15 heavy (non-hydrogen) atoms. The van der Waals surface area contributed by atoms with Crippen molar-refractivity contribution in [3.8, 4) is 0 Å². The van der Waals surface area contributed by atoms with Crippen molar-refractivity contribution in [1.82, 2.24) is 4.90 Å². The van der Waals surface area contributed by atoms with Gasteiger partial charge in [-0.25, -0.2) is 0 Å². The first-order valence-electron chi connectivity index (χ1n) is 3.99. The number of carbonyl (C=O) groups excluding carboxylic acids is 3. The molecule has 74 valence electrons. The first-order chi connectivity index (χ1) is 6.65. The number of aldehydes is 1. The molecule has 2 saturated heterocycles. The van der Waals surface area contributed by atoms with E-state index in [2.05, 4.69) is 0 Å². The van der Waals surface area contributed by atoms with Gasteiger partial charge in [0.1, 0.15) is 18.1 Å². The second-order valence-corrected chi connectivity index (χ2v) is 3.00. The van der Waals surface area contributed by atoms with E-state index in [1.807, 2.05) is 0 Å². The summed E-state index contributed by atoms with van der Waals surface area (Å²) < 4.78 is 5.06. The Hall–Kier alpha value is -0.850. The second kappa shape index (κ2) is 4.34. The Labute approximate surface area is 107 Å². The van der Waals surface area contributed by atoms with Crippen molar-refractivity contribution < 1.29 is 53.8 Å². The van der Waals surface area contributed by atoms with Gasteiger partial charge >= 0.3 is 29.6 Å². The minimum absolute atomic E-state index is 0. The fraction of sp³-hybridized carbons (Fsp3) is 0.375. The summed E-state index contributed by atoms with van der Waals surface area (Å²) >= 11 is 0. The Bertz CT molecular complexity index is 353. The quantitative estimate of drug-likeness (QED) is 0.200. The molecule has 7 heteroatoms. The first-order valence-corrected chi connectivity index (χ1v) is 3.99. The van der Waals surface area contributed by atoms with Gasteiger partial charge in [0.15, 0.2) is 6.23 Å². The summed E-state index contributed by atoms with van der Waals surface area (Å²) in [5.74, 6) is -1.78. The average molecular weight is 219 g/mol. The number of β-lactam (4-membered cyclic amide) rings is 1. The fourth-order valence-corrected chi connectivity index (χ4v) is 1.60. The molecule has 1 amide bonds. The van der Waals surface area contributed by atoms with Gasteiger partial charge in [0, 0.05) is 6.08 Å². The van der Waals surface area contributed by atoms with Gasteiger partial charge in [-0.1, -0.05) is 0 Å². The Morgan fingerprint density at radius 3 is 2.73 bits per heavy atom. The number of hydrogen-bond acceptors (Lipinski definition) is 5. The molecular formula is C8H6NNaO5. The number of carboxylic acid groups (broad SMARTS) is 1. The molecule has 6 nitrogen and oxygen atoms in total. The average Bonchev–Trinajstić information content (AvgIpc) is 2.39. The SMILES string of the molecule is O=CC=C1OC2CC(=O)N2C1C(=O)[O-].[Na+]. The minimum atomic E-state index is -1.44. The number of carbonyl (C=O) groups is 3. The van der Waals surface area contributed by atoms with Crippen LogP contribution in [0.15, 0.2) is 11.8 Å². The second-order valence-electron chi connectivity index (χ2n) is 3.00. The van der Waals surface area contributed by atoms with Crippen molar-refractivity contribution in [1.29, 1.82) is 0 Å². The van der Waals surface area contributed by atoms with Gasteiger partial charge in [-0.2, -0.15) is 0 Å². The van der Waals surface area contributed by atoms with E-state index in [1.165, 1.54) is 0 Å². The van der Waals surface area contributed by atoms with Crippen LogP contribution in [0.1, 0.15) is 6.42 Å².